The fourth-order valence-electron chi connectivity index (χ4n) is 1.96. The second kappa shape index (κ2) is 6.01. The lowest BCUT2D eigenvalue weighted by molar-refractivity contribution is -0.428. The molecule has 2 N–H and O–H groups in total. The molecular weight excluding hydrogens is 322 g/mol. The highest BCUT2D eigenvalue weighted by atomic mass is 32.2. The van der Waals surface area contributed by atoms with Crippen LogP contribution in [0.3, 0.4) is 0 Å². The summed E-state index contributed by atoms with van der Waals surface area (Å²) in [5.41, 5.74) is 1.08. The van der Waals surface area contributed by atoms with Crippen molar-refractivity contribution in [2.45, 2.75) is 9.92 Å². The van der Waals surface area contributed by atoms with Gasteiger partial charge in [-0.2, -0.15) is 4.98 Å². The van der Waals surface area contributed by atoms with Crippen LogP contribution in [0, 0.1) is 10.1 Å². The van der Waals surface area contributed by atoms with E-state index in [-0.39, 0.29) is 11.3 Å². The van der Waals surface area contributed by atoms with Gasteiger partial charge in [0, 0.05) is 6.07 Å². The van der Waals surface area contributed by atoms with Crippen molar-refractivity contribution >= 4 is 34.6 Å². The number of methoxy groups -OCH3 is 1. The lowest BCUT2D eigenvalue weighted by Gasteiger charge is -2.03. The number of hydrogen-bond acceptors (Lipinski definition) is 7. The monoisotopic (exact) mass is 332 g/mol. The number of nitrogens with zero attached hydrogens (tertiary/aromatic N) is 3. The van der Waals surface area contributed by atoms with Gasteiger partial charge in [-0.05, 0) is 28.9 Å². The number of aromatic nitrogens is 4. The number of esters is 1. The van der Waals surface area contributed by atoms with E-state index in [2.05, 4.69) is 24.7 Å². The molecule has 0 saturated carbocycles. The van der Waals surface area contributed by atoms with E-state index in [1.807, 2.05) is 0 Å². The standard InChI is InChI=1S/C13H9N5O4S/c1-22-13(19)7-2-3-9(8(4-7)18(20)21)23-12-10-11(15-5-14-10)16-6-17-12/h2-6H,1H3,(H,14,15,16,17)/p+1. The summed E-state index contributed by atoms with van der Waals surface area (Å²) in [6, 6.07) is 4.18. The number of nitro benzene ring substituents is 1. The van der Waals surface area contributed by atoms with Gasteiger partial charge in [-0.3, -0.25) is 10.1 Å². The number of benzene rings is 1. The summed E-state index contributed by atoms with van der Waals surface area (Å²) < 4.78 is 4.58. The Hall–Kier alpha value is -3.01. The molecule has 2 aromatic heterocycles. The molecule has 0 amide bonds. The topological polar surface area (TPSA) is 125 Å². The molecule has 2 heterocycles. The minimum absolute atomic E-state index is 0.119. The number of hydrogen-bond donors (Lipinski definition) is 1. The Labute approximate surface area is 133 Å². The van der Waals surface area contributed by atoms with Crippen LogP contribution in [0.1, 0.15) is 10.4 Å². The zero-order valence-corrected chi connectivity index (χ0v) is 12.6. The highest BCUT2D eigenvalue weighted by Gasteiger charge is 2.22. The van der Waals surface area contributed by atoms with Gasteiger partial charge in [0.05, 0.1) is 28.8 Å². The van der Waals surface area contributed by atoms with Crippen LogP contribution in [0.15, 0.2) is 40.8 Å². The molecule has 1 aromatic carbocycles. The largest absolute Gasteiger partial charge is 0.465 e. The predicted octanol–water partition coefficient (Wildman–Crippen LogP) is 1.62. The zero-order chi connectivity index (χ0) is 16.4. The molecule has 0 aliphatic rings. The summed E-state index contributed by atoms with van der Waals surface area (Å²) >= 11 is 1.14. The van der Waals surface area contributed by atoms with Gasteiger partial charge in [-0.15, -0.1) is 0 Å². The predicted molar refractivity (Wildman–Crippen MR) is 79.0 cm³/mol. The fraction of sp³-hybridized carbons (Fsp3) is 0.0769. The van der Waals surface area contributed by atoms with Gasteiger partial charge < -0.3 is 9.72 Å². The molecule has 0 spiro atoms. The quantitative estimate of drug-likeness (QED) is 0.333. The van der Waals surface area contributed by atoms with Gasteiger partial charge in [-0.25, -0.2) is 9.78 Å². The highest BCUT2D eigenvalue weighted by Crippen LogP contribution is 2.35. The summed E-state index contributed by atoms with van der Waals surface area (Å²) in [7, 11) is 1.22. The maximum Gasteiger partial charge on any atom is 0.338 e. The van der Waals surface area contributed by atoms with E-state index in [1.54, 1.807) is 0 Å². The zero-order valence-electron chi connectivity index (χ0n) is 11.8. The third kappa shape index (κ3) is 2.83. The van der Waals surface area contributed by atoms with E-state index >= 15 is 0 Å². The summed E-state index contributed by atoms with van der Waals surface area (Å²) in [5, 5.41) is 11.9. The molecule has 0 aliphatic carbocycles. The summed E-state index contributed by atoms with van der Waals surface area (Å²) in [4.78, 5) is 36.6. The van der Waals surface area contributed by atoms with E-state index in [0.717, 1.165) is 11.8 Å². The average molecular weight is 332 g/mol. The van der Waals surface area contributed by atoms with Crippen LogP contribution >= 0.6 is 11.8 Å². The van der Waals surface area contributed by atoms with Gasteiger partial charge in [0.2, 0.25) is 0 Å². The number of rotatable bonds is 4. The number of nitrogens with one attached hydrogen (secondary N) is 2. The molecule has 0 radical (unpaired) electrons. The number of aromatic amines is 2. The Bertz CT molecular complexity index is 910. The van der Waals surface area contributed by atoms with Gasteiger partial charge in [0.15, 0.2) is 10.5 Å². The lowest BCUT2D eigenvalue weighted by atomic mass is 10.2. The molecule has 23 heavy (non-hydrogen) atoms. The van der Waals surface area contributed by atoms with Crippen LogP contribution in [0.25, 0.3) is 11.2 Å². The number of carbonyl (C=O) groups excluding carboxylic acids is 1. The van der Waals surface area contributed by atoms with Gasteiger partial charge >= 0.3 is 5.97 Å². The van der Waals surface area contributed by atoms with Gasteiger partial charge in [0.25, 0.3) is 17.7 Å². The van der Waals surface area contributed by atoms with E-state index in [4.69, 9.17) is 0 Å². The molecule has 0 bridgehead atoms. The Balaban J connectivity index is 2.04. The molecule has 0 atom stereocenters. The first kappa shape index (κ1) is 14.9. The Kier molecular flexibility index (Phi) is 3.89. The van der Waals surface area contributed by atoms with Crippen LogP contribution in [-0.4, -0.2) is 33.0 Å². The smallest absolute Gasteiger partial charge is 0.338 e. The summed E-state index contributed by atoms with van der Waals surface area (Å²) in [6.45, 7) is 0. The third-order valence-electron chi connectivity index (χ3n) is 3.02. The van der Waals surface area contributed by atoms with Crippen molar-refractivity contribution in [2.24, 2.45) is 0 Å². The van der Waals surface area contributed by atoms with E-state index in [9.17, 15) is 14.9 Å². The van der Waals surface area contributed by atoms with Crippen LogP contribution in [-0.2, 0) is 4.74 Å². The first-order chi connectivity index (χ1) is 11.1. The Morgan fingerprint density at radius 1 is 1.43 bits per heavy atom. The number of imidazole rings is 1. The van der Waals surface area contributed by atoms with Crippen molar-refractivity contribution < 1.29 is 19.4 Å². The first-order valence-electron chi connectivity index (χ1n) is 6.34. The number of H-pyrrole nitrogens is 2. The van der Waals surface area contributed by atoms with Crippen molar-refractivity contribution in [3.63, 3.8) is 0 Å². The molecule has 0 unspecified atom stereocenters. The molecule has 9 nitrogen and oxygen atoms in total. The van der Waals surface area contributed by atoms with E-state index in [1.165, 1.54) is 38.0 Å². The minimum atomic E-state index is -0.629. The molecular formula is C13H10N5O4S+. The third-order valence-corrected chi connectivity index (χ3v) is 4.11. The molecule has 116 valence electrons. The van der Waals surface area contributed by atoms with Crippen LogP contribution in [0.4, 0.5) is 5.69 Å². The van der Waals surface area contributed by atoms with Gasteiger partial charge in [0.1, 0.15) is 0 Å². The SMILES string of the molecule is COC(=O)c1ccc(Sc2[nH+]cnc3nc[nH]c23)c([N+](=O)[O-])c1. The van der Waals surface area contributed by atoms with Crippen molar-refractivity contribution in [1.82, 2.24) is 15.0 Å². The van der Waals surface area contributed by atoms with Crippen LogP contribution in [0.5, 0.6) is 0 Å². The molecule has 0 aliphatic heterocycles. The van der Waals surface area contributed by atoms with Crippen molar-refractivity contribution in [2.75, 3.05) is 7.11 Å². The van der Waals surface area contributed by atoms with Crippen molar-refractivity contribution in [1.29, 1.82) is 0 Å². The molecule has 3 rings (SSSR count). The van der Waals surface area contributed by atoms with Crippen LogP contribution in [0.2, 0.25) is 0 Å². The van der Waals surface area contributed by atoms with Crippen molar-refractivity contribution in [3.8, 4) is 0 Å². The molecule has 0 saturated heterocycles. The number of nitro groups is 1. The minimum Gasteiger partial charge on any atom is -0.465 e. The maximum atomic E-state index is 11.5. The first-order valence-corrected chi connectivity index (χ1v) is 7.16. The Morgan fingerprint density at radius 2 is 2.26 bits per heavy atom. The van der Waals surface area contributed by atoms with E-state index in [0.29, 0.717) is 21.1 Å². The van der Waals surface area contributed by atoms with Crippen LogP contribution < -0.4 is 4.98 Å². The lowest BCUT2D eigenvalue weighted by Crippen LogP contribution is -2.08. The molecule has 0 fully saturated rings. The number of carbonyl (C=O) groups is 1. The molecule has 10 heteroatoms. The van der Waals surface area contributed by atoms with E-state index < -0.39 is 10.9 Å². The molecule has 3 aromatic rings. The number of ether oxygens (including phenoxy) is 1. The fourth-order valence-corrected chi connectivity index (χ4v) is 2.92. The second-order valence-corrected chi connectivity index (χ2v) is 5.42. The summed E-state index contributed by atoms with van der Waals surface area (Å²) in [5.74, 6) is -0.629. The average Bonchev–Trinajstić information content (AvgIpc) is 3.04. The highest BCUT2D eigenvalue weighted by molar-refractivity contribution is 7.99. The number of fused-ring (bicyclic) bond motifs is 1. The maximum absolute atomic E-state index is 11.5. The Morgan fingerprint density at radius 3 is 3.00 bits per heavy atom. The van der Waals surface area contributed by atoms with Crippen molar-refractivity contribution in [3.05, 3.63) is 46.5 Å². The summed E-state index contributed by atoms with van der Waals surface area (Å²) in [6.07, 6.45) is 2.95. The van der Waals surface area contributed by atoms with Gasteiger partial charge in [-0.1, -0.05) is 0 Å². The second-order valence-electron chi connectivity index (χ2n) is 4.37. The normalized spacial score (nSPS) is 10.7.